The monoisotopic (exact) mass is 287 g/mol. The first-order valence-corrected chi connectivity index (χ1v) is 6.60. The number of halogens is 1. The van der Waals surface area contributed by atoms with Crippen molar-refractivity contribution < 1.29 is 14.7 Å². The van der Waals surface area contributed by atoms with Crippen molar-refractivity contribution in [3.63, 3.8) is 0 Å². The Morgan fingerprint density at radius 1 is 1.56 bits per heavy atom. The van der Waals surface area contributed by atoms with Crippen molar-refractivity contribution in [2.45, 2.75) is 25.8 Å². The molecule has 1 heterocycles. The van der Waals surface area contributed by atoms with Crippen molar-refractivity contribution in [1.29, 1.82) is 0 Å². The summed E-state index contributed by atoms with van der Waals surface area (Å²) in [5, 5.41) is 11.4. The van der Waals surface area contributed by atoms with Crippen LogP contribution in [0.15, 0.2) is 24.3 Å². The van der Waals surface area contributed by atoms with Gasteiger partial charge in [-0.15, -0.1) is 11.3 Å². The number of carbonyl (C=O) groups is 2. The van der Waals surface area contributed by atoms with Crippen LogP contribution in [-0.4, -0.2) is 23.0 Å². The number of aliphatic carboxylic acids is 1. The number of carboxylic acid groups (broad SMARTS) is 1. The van der Waals surface area contributed by atoms with Gasteiger partial charge in [0.1, 0.15) is 6.04 Å². The van der Waals surface area contributed by atoms with E-state index in [1.807, 2.05) is 0 Å². The van der Waals surface area contributed by atoms with Gasteiger partial charge in [0.15, 0.2) is 0 Å². The zero-order valence-electron chi connectivity index (χ0n) is 9.85. The molecule has 1 aromatic heterocycles. The number of allylic oxidation sites excluding steroid dienone is 1. The molecule has 0 saturated carbocycles. The Bertz CT molecular complexity index is 456. The van der Waals surface area contributed by atoms with Gasteiger partial charge in [0.05, 0.1) is 10.8 Å². The number of carboxylic acids is 1. The summed E-state index contributed by atoms with van der Waals surface area (Å²) < 4.78 is 0.613. The molecule has 98 valence electrons. The van der Waals surface area contributed by atoms with Crippen molar-refractivity contribution in [3.05, 3.63) is 33.5 Å². The molecular formula is C12H14ClNO3S. The van der Waals surface area contributed by atoms with Gasteiger partial charge in [0, 0.05) is 4.88 Å². The van der Waals surface area contributed by atoms with Crippen LogP contribution < -0.4 is 5.32 Å². The molecule has 0 fully saturated rings. The number of rotatable bonds is 6. The van der Waals surface area contributed by atoms with Crippen molar-refractivity contribution in [3.8, 4) is 0 Å². The Balaban J connectivity index is 2.53. The van der Waals surface area contributed by atoms with Gasteiger partial charge in [-0.05, 0) is 25.5 Å². The van der Waals surface area contributed by atoms with E-state index in [4.69, 9.17) is 16.7 Å². The normalized spacial score (nSPS) is 12.6. The maximum absolute atomic E-state index is 11.7. The minimum atomic E-state index is -1.04. The Morgan fingerprint density at radius 2 is 2.28 bits per heavy atom. The molecule has 1 aromatic rings. The lowest BCUT2D eigenvalue weighted by atomic mass is 10.2. The van der Waals surface area contributed by atoms with Gasteiger partial charge in [-0.3, -0.25) is 4.79 Å². The van der Waals surface area contributed by atoms with Crippen molar-refractivity contribution in [2.75, 3.05) is 0 Å². The standard InChI is InChI=1S/C12H14ClNO3S/c1-2-3-4-9(12(16)17)14-11(15)7-8-5-6-10(13)18-8/h2-3,5-6,9H,4,7H2,1H3,(H,14,15)(H,16,17)/b3-2+. The summed E-state index contributed by atoms with van der Waals surface area (Å²) in [5.41, 5.74) is 0. The molecule has 0 aliphatic carbocycles. The van der Waals surface area contributed by atoms with E-state index in [9.17, 15) is 9.59 Å². The number of amides is 1. The highest BCUT2D eigenvalue weighted by atomic mass is 35.5. The molecule has 1 atom stereocenters. The second-order valence-corrected chi connectivity index (χ2v) is 5.45. The second kappa shape index (κ2) is 7.18. The Labute approximate surface area is 114 Å². The SMILES string of the molecule is C/C=C/CC(NC(=O)Cc1ccc(Cl)s1)C(=O)O. The fourth-order valence-corrected chi connectivity index (χ4v) is 2.43. The molecule has 4 nitrogen and oxygen atoms in total. The molecule has 1 rings (SSSR count). The van der Waals surface area contributed by atoms with E-state index in [0.29, 0.717) is 4.34 Å². The highest BCUT2D eigenvalue weighted by molar-refractivity contribution is 7.16. The van der Waals surface area contributed by atoms with Crippen LogP contribution in [0.1, 0.15) is 18.2 Å². The van der Waals surface area contributed by atoms with Gasteiger partial charge in [0.25, 0.3) is 0 Å². The summed E-state index contributed by atoms with van der Waals surface area (Å²) >= 11 is 7.06. The average molecular weight is 288 g/mol. The molecule has 2 N–H and O–H groups in total. The van der Waals surface area contributed by atoms with Crippen molar-refractivity contribution in [2.24, 2.45) is 0 Å². The maximum atomic E-state index is 11.7. The number of hydrogen-bond acceptors (Lipinski definition) is 3. The summed E-state index contributed by atoms with van der Waals surface area (Å²) in [6, 6.07) is 2.58. The molecule has 1 amide bonds. The minimum Gasteiger partial charge on any atom is -0.480 e. The molecule has 0 bridgehead atoms. The minimum absolute atomic E-state index is 0.150. The second-order valence-electron chi connectivity index (χ2n) is 3.65. The molecule has 0 aliphatic rings. The fraction of sp³-hybridized carbons (Fsp3) is 0.333. The Kier molecular flexibility index (Phi) is 5.88. The number of hydrogen-bond donors (Lipinski definition) is 2. The third-order valence-corrected chi connectivity index (χ3v) is 3.44. The highest BCUT2D eigenvalue weighted by Gasteiger charge is 2.18. The van der Waals surface area contributed by atoms with Crippen LogP contribution in [0.5, 0.6) is 0 Å². The van der Waals surface area contributed by atoms with E-state index in [-0.39, 0.29) is 18.7 Å². The van der Waals surface area contributed by atoms with Gasteiger partial charge in [-0.1, -0.05) is 23.8 Å². The number of thiophene rings is 1. The van der Waals surface area contributed by atoms with Crippen LogP contribution in [0.25, 0.3) is 0 Å². The van der Waals surface area contributed by atoms with Crippen LogP contribution in [0.4, 0.5) is 0 Å². The zero-order chi connectivity index (χ0) is 13.5. The van der Waals surface area contributed by atoms with Crippen molar-refractivity contribution >= 4 is 34.8 Å². The van der Waals surface area contributed by atoms with Crippen LogP contribution in [0.3, 0.4) is 0 Å². The summed E-state index contributed by atoms with van der Waals surface area (Å²) in [6.45, 7) is 1.80. The molecule has 6 heteroatoms. The summed E-state index contributed by atoms with van der Waals surface area (Å²) in [6.07, 6.45) is 3.89. The number of carbonyl (C=O) groups excluding carboxylic acids is 1. The summed E-state index contributed by atoms with van der Waals surface area (Å²) in [4.78, 5) is 23.4. The summed E-state index contributed by atoms with van der Waals surface area (Å²) in [7, 11) is 0. The quantitative estimate of drug-likeness (QED) is 0.790. The predicted molar refractivity (Wildman–Crippen MR) is 72.0 cm³/mol. The smallest absolute Gasteiger partial charge is 0.326 e. The first kappa shape index (κ1) is 14.7. The zero-order valence-corrected chi connectivity index (χ0v) is 11.4. The molecule has 0 aromatic carbocycles. The third-order valence-electron chi connectivity index (χ3n) is 2.20. The van der Waals surface area contributed by atoms with Gasteiger partial charge in [0.2, 0.25) is 5.91 Å². The van der Waals surface area contributed by atoms with E-state index >= 15 is 0 Å². The summed E-state index contributed by atoms with van der Waals surface area (Å²) in [5.74, 6) is -1.35. The van der Waals surface area contributed by atoms with E-state index in [1.54, 1.807) is 31.2 Å². The largest absolute Gasteiger partial charge is 0.480 e. The van der Waals surface area contributed by atoms with Gasteiger partial charge in [-0.25, -0.2) is 4.79 Å². The molecule has 0 aliphatic heterocycles. The first-order valence-electron chi connectivity index (χ1n) is 5.40. The van der Waals surface area contributed by atoms with Crippen LogP contribution in [-0.2, 0) is 16.0 Å². The lowest BCUT2D eigenvalue weighted by Crippen LogP contribution is -2.41. The molecule has 18 heavy (non-hydrogen) atoms. The Hall–Kier alpha value is -1.33. The molecular weight excluding hydrogens is 274 g/mol. The lowest BCUT2D eigenvalue weighted by molar-refractivity contribution is -0.141. The predicted octanol–water partition coefficient (Wildman–Crippen LogP) is 2.48. The third kappa shape index (κ3) is 4.89. The lowest BCUT2D eigenvalue weighted by Gasteiger charge is -2.12. The average Bonchev–Trinajstić information content (AvgIpc) is 2.69. The number of nitrogens with one attached hydrogen (secondary N) is 1. The van der Waals surface area contributed by atoms with E-state index in [2.05, 4.69) is 5.32 Å². The fourth-order valence-electron chi connectivity index (χ4n) is 1.34. The molecule has 0 radical (unpaired) electrons. The van der Waals surface area contributed by atoms with E-state index < -0.39 is 12.0 Å². The van der Waals surface area contributed by atoms with E-state index in [1.165, 1.54) is 11.3 Å². The Morgan fingerprint density at radius 3 is 2.78 bits per heavy atom. The molecule has 0 spiro atoms. The van der Waals surface area contributed by atoms with Crippen molar-refractivity contribution in [1.82, 2.24) is 5.32 Å². The molecule has 0 saturated heterocycles. The first-order chi connectivity index (χ1) is 8.52. The molecule has 1 unspecified atom stereocenters. The maximum Gasteiger partial charge on any atom is 0.326 e. The van der Waals surface area contributed by atoms with Crippen LogP contribution in [0, 0.1) is 0 Å². The van der Waals surface area contributed by atoms with Crippen LogP contribution >= 0.6 is 22.9 Å². The topological polar surface area (TPSA) is 66.4 Å². The van der Waals surface area contributed by atoms with Gasteiger partial charge >= 0.3 is 5.97 Å². The van der Waals surface area contributed by atoms with E-state index in [0.717, 1.165) is 4.88 Å². The van der Waals surface area contributed by atoms with Gasteiger partial charge in [-0.2, -0.15) is 0 Å². The van der Waals surface area contributed by atoms with Gasteiger partial charge < -0.3 is 10.4 Å². The highest BCUT2D eigenvalue weighted by Crippen LogP contribution is 2.21. The van der Waals surface area contributed by atoms with Crippen LogP contribution in [0.2, 0.25) is 4.34 Å².